The second-order valence-electron chi connectivity index (χ2n) is 7.32. The lowest BCUT2D eigenvalue weighted by Gasteiger charge is -2.19. The lowest BCUT2D eigenvalue weighted by atomic mass is 9.96. The molecule has 6 nitrogen and oxygen atoms in total. The van der Waals surface area contributed by atoms with Crippen LogP contribution in [0.25, 0.3) is 0 Å². The lowest BCUT2D eigenvalue weighted by molar-refractivity contribution is 0.642. The Labute approximate surface area is 192 Å². The minimum absolute atomic E-state index is 0. The molecule has 29 heavy (non-hydrogen) atoms. The molecular formula is C21H27IN6S. The van der Waals surface area contributed by atoms with E-state index >= 15 is 0 Å². The molecule has 0 unspecified atom stereocenters. The molecule has 0 spiro atoms. The standard InChI is InChI=1S/C21H26N6S.HI/c1-16-25-26-19(27(16)2)14-23-20(22-13-18-9-6-12-28-18)24-15-21(10-11-21)17-7-4-3-5-8-17;/h3-9,12H,10-11,13-15H2,1-2H3,(H2,22,23,24);1H. The molecule has 0 aliphatic heterocycles. The quantitative estimate of drug-likeness (QED) is 0.282. The molecule has 154 valence electrons. The minimum atomic E-state index is 0. The topological polar surface area (TPSA) is 67.1 Å². The van der Waals surface area contributed by atoms with E-state index in [4.69, 9.17) is 4.99 Å². The highest BCUT2D eigenvalue weighted by molar-refractivity contribution is 14.0. The molecule has 2 aromatic heterocycles. The van der Waals surface area contributed by atoms with Crippen LogP contribution in [-0.2, 0) is 25.6 Å². The Hall–Kier alpha value is -1.94. The number of aryl methyl sites for hydroxylation is 1. The normalized spacial score (nSPS) is 14.9. The van der Waals surface area contributed by atoms with E-state index in [1.54, 1.807) is 11.3 Å². The number of nitrogens with one attached hydrogen (secondary N) is 2. The van der Waals surface area contributed by atoms with E-state index < -0.39 is 0 Å². The first-order valence-corrected chi connectivity index (χ1v) is 10.5. The summed E-state index contributed by atoms with van der Waals surface area (Å²) in [6.45, 7) is 4.09. The molecule has 0 radical (unpaired) electrons. The summed E-state index contributed by atoms with van der Waals surface area (Å²) >= 11 is 1.75. The third kappa shape index (κ3) is 5.36. The Bertz CT molecular complexity index is 932. The van der Waals surface area contributed by atoms with E-state index in [2.05, 4.69) is 68.7 Å². The Morgan fingerprint density at radius 3 is 2.55 bits per heavy atom. The van der Waals surface area contributed by atoms with E-state index in [-0.39, 0.29) is 29.4 Å². The zero-order valence-corrected chi connectivity index (χ0v) is 19.9. The monoisotopic (exact) mass is 522 g/mol. The molecule has 0 saturated heterocycles. The predicted octanol–water partition coefficient (Wildman–Crippen LogP) is 3.77. The molecule has 4 rings (SSSR count). The van der Waals surface area contributed by atoms with E-state index in [1.165, 1.54) is 23.3 Å². The van der Waals surface area contributed by atoms with Crippen molar-refractivity contribution in [3.63, 3.8) is 0 Å². The number of nitrogens with zero attached hydrogens (tertiary/aromatic N) is 4. The van der Waals surface area contributed by atoms with Crippen LogP contribution < -0.4 is 10.6 Å². The number of aliphatic imine (C=N–C) groups is 1. The van der Waals surface area contributed by atoms with Crippen molar-refractivity contribution in [1.82, 2.24) is 25.4 Å². The van der Waals surface area contributed by atoms with Crippen LogP contribution in [0.4, 0.5) is 0 Å². The fourth-order valence-corrected chi connectivity index (χ4v) is 3.90. The number of thiophene rings is 1. The maximum Gasteiger partial charge on any atom is 0.192 e. The van der Waals surface area contributed by atoms with Crippen molar-refractivity contribution in [3.05, 3.63) is 69.9 Å². The van der Waals surface area contributed by atoms with Gasteiger partial charge in [0, 0.05) is 23.9 Å². The SMILES string of the molecule is Cc1nnc(CN=C(NCc2cccs2)NCC2(c3ccccc3)CC2)n1C.I. The molecule has 2 N–H and O–H groups in total. The molecule has 1 aliphatic rings. The first-order chi connectivity index (χ1) is 13.7. The first kappa shape index (κ1) is 21.8. The van der Waals surface area contributed by atoms with Gasteiger partial charge in [0.1, 0.15) is 12.4 Å². The zero-order chi connectivity index (χ0) is 19.4. The fraction of sp³-hybridized carbons (Fsp3) is 0.381. The minimum Gasteiger partial charge on any atom is -0.355 e. The molecule has 0 atom stereocenters. The molecule has 0 bridgehead atoms. The van der Waals surface area contributed by atoms with Crippen molar-refractivity contribution in [2.75, 3.05) is 6.54 Å². The highest BCUT2D eigenvalue weighted by atomic mass is 127. The Kier molecular flexibility index (Phi) is 7.28. The maximum atomic E-state index is 4.77. The van der Waals surface area contributed by atoms with E-state index in [9.17, 15) is 0 Å². The van der Waals surface area contributed by atoms with Gasteiger partial charge in [-0.25, -0.2) is 4.99 Å². The molecule has 1 fully saturated rings. The molecule has 2 heterocycles. The van der Waals surface area contributed by atoms with Crippen molar-refractivity contribution < 1.29 is 0 Å². The summed E-state index contributed by atoms with van der Waals surface area (Å²) in [6, 6.07) is 15.0. The second-order valence-corrected chi connectivity index (χ2v) is 8.35. The summed E-state index contributed by atoms with van der Waals surface area (Å²) in [5, 5.41) is 17.5. The number of hydrogen-bond acceptors (Lipinski definition) is 4. The van der Waals surface area contributed by atoms with Gasteiger partial charge in [0.05, 0.1) is 6.54 Å². The second kappa shape index (κ2) is 9.71. The van der Waals surface area contributed by atoms with Crippen LogP contribution in [0.2, 0.25) is 0 Å². The maximum absolute atomic E-state index is 4.77. The number of rotatable bonds is 7. The van der Waals surface area contributed by atoms with Gasteiger partial charge in [-0.2, -0.15) is 0 Å². The molecule has 1 saturated carbocycles. The number of benzene rings is 1. The number of halogens is 1. The van der Waals surface area contributed by atoms with Gasteiger partial charge >= 0.3 is 0 Å². The number of hydrogen-bond donors (Lipinski definition) is 2. The molecule has 3 aromatic rings. The summed E-state index contributed by atoms with van der Waals surface area (Å²) in [5.41, 5.74) is 1.64. The van der Waals surface area contributed by atoms with Gasteiger partial charge in [0.25, 0.3) is 0 Å². The van der Waals surface area contributed by atoms with Gasteiger partial charge in [-0.05, 0) is 36.8 Å². The van der Waals surface area contributed by atoms with Crippen LogP contribution in [0, 0.1) is 6.92 Å². The van der Waals surface area contributed by atoms with Crippen LogP contribution in [0.15, 0.2) is 52.8 Å². The molecule has 8 heteroatoms. The van der Waals surface area contributed by atoms with Crippen LogP contribution in [0.3, 0.4) is 0 Å². The highest BCUT2D eigenvalue weighted by Crippen LogP contribution is 2.47. The van der Waals surface area contributed by atoms with Crippen LogP contribution in [0.5, 0.6) is 0 Å². The largest absolute Gasteiger partial charge is 0.355 e. The number of guanidine groups is 1. The molecule has 0 amide bonds. The van der Waals surface area contributed by atoms with E-state index in [1.807, 2.05) is 18.5 Å². The predicted molar refractivity (Wildman–Crippen MR) is 129 cm³/mol. The smallest absolute Gasteiger partial charge is 0.192 e. The summed E-state index contributed by atoms with van der Waals surface area (Å²) in [6.07, 6.45) is 2.43. The highest BCUT2D eigenvalue weighted by Gasteiger charge is 2.44. The Balaban J connectivity index is 0.00000240. The number of aromatic nitrogens is 3. The summed E-state index contributed by atoms with van der Waals surface area (Å²) in [5.74, 6) is 2.57. The van der Waals surface area contributed by atoms with Gasteiger partial charge in [0.2, 0.25) is 0 Å². The molecule has 1 aromatic carbocycles. The van der Waals surface area contributed by atoms with Crippen LogP contribution in [-0.4, -0.2) is 27.3 Å². The average molecular weight is 522 g/mol. The van der Waals surface area contributed by atoms with Crippen LogP contribution in [0.1, 0.15) is 34.9 Å². The third-order valence-electron chi connectivity index (χ3n) is 5.41. The van der Waals surface area contributed by atoms with Crippen molar-refractivity contribution in [2.45, 2.75) is 38.3 Å². The average Bonchev–Trinajstić information content (AvgIpc) is 3.21. The molecule has 1 aliphatic carbocycles. The van der Waals surface area contributed by atoms with E-state index in [0.717, 1.165) is 30.7 Å². The lowest BCUT2D eigenvalue weighted by Crippen LogP contribution is -2.41. The fourth-order valence-electron chi connectivity index (χ4n) is 3.26. The zero-order valence-electron chi connectivity index (χ0n) is 16.8. The van der Waals surface area contributed by atoms with Crippen molar-refractivity contribution in [3.8, 4) is 0 Å². The molecular weight excluding hydrogens is 495 g/mol. The van der Waals surface area contributed by atoms with Crippen molar-refractivity contribution in [1.29, 1.82) is 0 Å². The summed E-state index contributed by atoms with van der Waals surface area (Å²) in [4.78, 5) is 6.05. The summed E-state index contributed by atoms with van der Waals surface area (Å²) < 4.78 is 1.98. The van der Waals surface area contributed by atoms with Gasteiger partial charge in [0.15, 0.2) is 11.8 Å². The summed E-state index contributed by atoms with van der Waals surface area (Å²) in [7, 11) is 1.97. The van der Waals surface area contributed by atoms with Crippen LogP contribution >= 0.6 is 35.3 Å². The van der Waals surface area contributed by atoms with E-state index in [0.29, 0.717) is 6.54 Å². The first-order valence-electron chi connectivity index (χ1n) is 9.61. The van der Waals surface area contributed by atoms with Crippen molar-refractivity contribution in [2.24, 2.45) is 12.0 Å². The van der Waals surface area contributed by atoms with Crippen molar-refractivity contribution >= 4 is 41.3 Å². The third-order valence-corrected chi connectivity index (χ3v) is 6.28. The Morgan fingerprint density at radius 1 is 1.14 bits per heavy atom. The van der Waals surface area contributed by atoms with Gasteiger partial charge in [-0.3, -0.25) is 0 Å². The Morgan fingerprint density at radius 2 is 1.93 bits per heavy atom. The van der Waals surface area contributed by atoms with Gasteiger partial charge in [-0.1, -0.05) is 36.4 Å². The van der Waals surface area contributed by atoms with Gasteiger partial charge < -0.3 is 15.2 Å². The van der Waals surface area contributed by atoms with Gasteiger partial charge in [-0.15, -0.1) is 45.5 Å².